The Hall–Kier alpha value is -3.18. The molecule has 0 saturated carbocycles. The molecule has 0 aliphatic heterocycles. The van der Waals surface area contributed by atoms with Crippen LogP contribution in [0.3, 0.4) is 0 Å². The highest BCUT2D eigenvalue weighted by Crippen LogP contribution is 2.33. The first-order valence-electron chi connectivity index (χ1n) is 10.9. The number of hydrogen-bond acceptors (Lipinski definition) is 8. The Morgan fingerprint density at radius 2 is 2.00 bits per heavy atom. The Morgan fingerprint density at radius 3 is 2.66 bits per heavy atom. The zero-order chi connectivity index (χ0) is 25.5. The van der Waals surface area contributed by atoms with Crippen molar-refractivity contribution >= 4 is 40.0 Å². The molecule has 0 radical (unpaired) electrons. The summed E-state index contributed by atoms with van der Waals surface area (Å²) in [5.74, 6) is 0.0144. The van der Waals surface area contributed by atoms with Crippen LogP contribution in [-0.4, -0.2) is 39.0 Å². The lowest BCUT2D eigenvalue weighted by molar-refractivity contribution is -0.113. The number of benzene rings is 1. The van der Waals surface area contributed by atoms with E-state index in [4.69, 9.17) is 9.47 Å². The van der Waals surface area contributed by atoms with E-state index in [1.165, 1.54) is 35.2 Å². The summed E-state index contributed by atoms with van der Waals surface area (Å²) in [5.41, 5.74) is 1.18. The molecule has 0 bridgehead atoms. The second-order valence-electron chi connectivity index (χ2n) is 7.50. The monoisotopic (exact) mass is 518 g/mol. The SMILES string of the molecule is C=CCn1c(SCC(=O)Nc2sc(C)c(C)c2C(=O)OCC)nnc1C(C)Oc1ccc(F)cc1. The molecule has 1 N–H and O–H groups in total. The molecule has 1 aromatic carbocycles. The van der Waals surface area contributed by atoms with Gasteiger partial charge in [-0.1, -0.05) is 17.8 Å². The van der Waals surface area contributed by atoms with Crippen molar-refractivity contribution < 1.29 is 23.5 Å². The number of ether oxygens (including phenoxy) is 2. The molecule has 0 aliphatic rings. The van der Waals surface area contributed by atoms with Gasteiger partial charge in [0, 0.05) is 11.4 Å². The lowest BCUT2D eigenvalue weighted by Gasteiger charge is -2.15. The molecule has 0 fully saturated rings. The van der Waals surface area contributed by atoms with E-state index in [9.17, 15) is 14.0 Å². The van der Waals surface area contributed by atoms with Crippen LogP contribution in [0.1, 0.15) is 46.6 Å². The van der Waals surface area contributed by atoms with Crippen LogP contribution >= 0.6 is 23.1 Å². The molecular weight excluding hydrogens is 491 g/mol. The van der Waals surface area contributed by atoms with Crippen molar-refractivity contribution in [3.63, 3.8) is 0 Å². The maximum atomic E-state index is 13.2. The Kier molecular flexibility index (Phi) is 9.05. The van der Waals surface area contributed by atoms with Gasteiger partial charge in [0.25, 0.3) is 0 Å². The maximum absolute atomic E-state index is 13.2. The van der Waals surface area contributed by atoms with Crippen molar-refractivity contribution in [2.24, 2.45) is 0 Å². The highest BCUT2D eigenvalue weighted by atomic mass is 32.2. The number of hydrogen-bond donors (Lipinski definition) is 1. The summed E-state index contributed by atoms with van der Waals surface area (Å²) in [6, 6.07) is 5.72. The Morgan fingerprint density at radius 1 is 1.29 bits per heavy atom. The molecule has 8 nitrogen and oxygen atoms in total. The molecule has 2 heterocycles. The van der Waals surface area contributed by atoms with Gasteiger partial charge in [-0.2, -0.15) is 0 Å². The quantitative estimate of drug-likeness (QED) is 0.208. The Balaban J connectivity index is 1.70. The minimum Gasteiger partial charge on any atom is -0.483 e. The third-order valence-electron chi connectivity index (χ3n) is 5.00. The van der Waals surface area contributed by atoms with Crippen molar-refractivity contribution in [1.82, 2.24) is 14.8 Å². The number of nitrogens with zero attached hydrogens (tertiary/aromatic N) is 3. The predicted molar refractivity (Wildman–Crippen MR) is 135 cm³/mol. The van der Waals surface area contributed by atoms with Crippen LogP contribution in [0, 0.1) is 19.7 Å². The van der Waals surface area contributed by atoms with Crippen LogP contribution in [0.4, 0.5) is 9.39 Å². The molecule has 0 saturated heterocycles. The molecule has 3 aromatic rings. The molecule has 186 valence electrons. The average molecular weight is 519 g/mol. The smallest absolute Gasteiger partial charge is 0.341 e. The van der Waals surface area contributed by atoms with Crippen LogP contribution in [0.5, 0.6) is 5.75 Å². The normalized spacial score (nSPS) is 11.7. The van der Waals surface area contributed by atoms with Crippen LogP contribution in [0.2, 0.25) is 0 Å². The van der Waals surface area contributed by atoms with Gasteiger partial charge >= 0.3 is 5.97 Å². The zero-order valence-electron chi connectivity index (χ0n) is 20.0. The van der Waals surface area contributed by atoms with Gasteiger partial charge < -0.3 is 14.8 Å². The van der Waals surface area contributed by atoms with Gasteiger partial charge in [-0.05, 0) is 57.5 Å². The van der Waals surface area contributed by atoms with Crippen LogP contribution in [0.15, 0.2) is 42.1 Å². The zero-order valence-corrected chi connectivity index (χ0v) is 21.6. The fourth-order valence-electron chi connectivity index (χ4n) is 3.24. The standard InChI is InChI=1S/C24H27FN4O4S2/c1-6-12-29-21(15(4)33-18-10-8-17(25)9-11-18)27-28-24(29)34-13-19(30)26-22-20(23(31)32-7-2)14(3)16(5)35-22/h6,8-11,15H,1,7,12-13H2,2-5H3,(H,26,30). The maximum Gasteiger partial charge on any atom is 0.341 e. The number of halogens is 1. The number of allylic oxidation sites excluding steroid dienone is 1. The van der Waals surface area contributed by atoms with Gasteiger partial charge in [0.2, 0.25) is 5.91 Å². The fourth-order valence-corrected chi connectivity index (χ4v) is 5.05. The van der Waals surface area contributed by atoms with E-state index in [1.54, 1.807) is 25.1 Å². The summed E-state index contributed by atoms with van der Waals surface area (Å²) in [4.78, 5) is 26.0. The number of aryl methyl sites for hydroxylation is 1. The third-order valence-corrected chi connectivity index (χ3v) is 7.09. The van der Waals surface area contributed by atoms with Crippen molar-refractivity contribution in [3.05, 3.63) is 64.6 Å². The molecular formula is C24H27FN4O4S2. The van der Waals surface area contributed by atoms with Gasteiger partial charge in [-0.15, -0.1) is 28.1 Å². The molecule has 11 heteroatoms. The Labute approximate surface area is 211 Å². The largest absolute Gasteiger partial charge is 0.483 e. The minimum absolute atomic E-state index is 0.0563. The van der Waals surface area contributed by atoms with E-state index in [2.05, 4.69) is 22.1 Å². The summed E-state index contributed by atoms with van der Waals surface area (Å²) in [7, 11) is 0. The fraction of sp³-hybridized carbons (Fsp3) is 0.333. The number of nitrogens with one attached hydrogen (secondary N) is 1. The number of thiophene rings is 1. The third kappa shape index (κ3) is 6.49. The second kappa shape index (κ2) is 12.0. The van der Waals surface area contributed by atoms with E-state index in [-0.39, 0.29) is 24.1 Å². The minimum atomic E-state index is -0.472. The molecule has 1 unspecified atom stereocenters. The number of carbonyl (C=O) groups excluding carboxylic acids is 2. The van der Waals surface area contributed by atoms with Gasteiger partial charge in [0.1, 0.15) is 16.6 Å². The molecule has 1 amide bonds. The van der Waals surface area contributed by atoms with Crippen molar-refractivity contribution in [2.45, 2.75) is 45.5 Å². The van der Waals surface area contributed by atoms with E-state index < -0.39 is 12.1 Å². The summed E-state index contributed by atoms with van der Waals surface area (Å²) < 4.78 is 26.0. The average Bonchev–Trinajstić information content (AvgIpc) is 3.34. The topological polar surface area (TPSA) is 95.3 Å². The number of anilines is 1. The molecule has 1 atom stereocenters. The number of carbonyl (C=O) groups is 2. The Bertz CT molecular complexity index is 1210. The van der Waals surface area contributed by atoms with Crippen LogP contribution in [0.25, 0.3) is 0 Å². The van der Waals surface area contributed by atoms with Gasteiger partial charge in [-0.3, -0.25) is 9.36 Å². The summed E-state index contributed by atoms with van der Waals surface area (Å²) >= 11 is 2.55. The van der Waals surface area contributed by atoms with Crippen LogP contribution < -0.4 is 10.1 Å². The van der Waals surface area contributed by atoms with Crippen LogP contribution in [-0.2, 0) is 16.1 Å². The number of aromatic nitrogens is 3. The number of rotatable bonds is 11. The van der Waals surface area contributed by atoms with E-state index in [0.717, 1.165) is 10.4 Å². The highest BCUT2D eigenvalue weighted by Gasteiger charge is 2.23. The van der Waals surface area contributed by atoms with E-state index in [0.29, 0.717) is 33.8 Å². The number of esters is 1. The van der Waals surface area contributed by atoms with Gasteiger partial charge in [0.15, 0.2) is 17.1 Å². The van der Waals surface area contributed by atoms with Crippen molar-refractivity contribution in [2.75, 3.05) is 17.7 Å². The number of amides is 1. The lowest BCUT2D eigenvalue weighted by atomic mass is 10.1. The number of thioether (sulfide) groups is 1. The first kappa shape index (κ1) is 26.4. The summed E-state index contributed by atoms with van der Waals surface area (Å²) in [6.07, 6.45) is 1.23. The highest BCUT2D eigenvalue weighted by molar-refractivity contribution is 7.99. The van der Waals surface area contributed by atoms with E-state index in [1.807, 2.05) is 25.3 Å². The second-order valence-corrected chi connectivity index (χ2v) is 9.67. The molecule has 0 aliphatic carbocycles. The molecule has 2 aromatic heterocycles. The van der Waals surface area contributed by atoms with Gasteiger partial charge in [0.05, 0.1) is 17.9 Å². The molecule has 0 spiro atoms. The van der Waals surface area contributed by atoms with Crippen molar-refractivity contribution in [1.29, 1.82) is 0 Å². The summed E-state index contributed by atoms with van der Waals surface area (Å²) in [6.45, 7) is 11.7. The van der Waals surface area contributed by atoms with Crippen molar-refractivity contribution in [3.8, 4) is 5.75 Å². The summed E-state index contributed by atoms with van der Waals surface area (Å²) in [5, 5.41) is 12.3. The predicted octanol–water partition coefficient (Wildman–Crippen LogP) is 5.33. The molecule has 3 rings (SSSR count). The first-order chi connectivity index (χ1) is 16.7. The lowest BCUT2D eigenvalue weighted by Crippen LogP contribution is -2.17. The van der Waals surface area contributed by atoms with E-state index >= 15 is 0 Å². The van der Waals surface area contributed by atoms with Gasteiger partial charge in [-0.25, -0.2) is 9.18 Å². The first-order valence-corrected chi connectivity index (χ1v) is 12.7. The molecule has 35 heavy (non-hydrogen) atoms.